The molecule has 0 fully saturated rings. The first kappa shape index (κ1) is 25.5. The van der Waals surface area contributed by atoms with Crippen LogP contribution in [0.15, 0.2) is 0 Å². The van der Waals surface area contributed by atoms with E-state index in [0.717, 1.165) is 44.8 Å². The van der Waals surface area contributed by atoms with Crippen LogP contribution in [0, 0.1) is 0 Å². The van der Waals surface area contributed by atoms with Crippen molar-refractivity contribution in [3.05, 3.63) is 0 Å². The number of ether oxygens (including phenoxy) is 3. The summed E-state index contributed by atoms with van der Waals surface area (Å²) >= 11 is 0. The van der Waals surface area contributed by atoms with Crippen LogP contribution in [0.4, 0.5) is 0 Å². The quantitative estimate of drug-likeness (QED) is 0.200. The van der Waals surface area contributed by atoms with Crippen LogP contribution in [0.5, 0.6) is 0 Å². The molecule has 0 aromatic carbocycles. The summed E-state index contributed by atoms with van der Waals surface area (Å²) in [4.78, 5) is 11.6. The molecule has 0 N–H and O–H groups in total. The number of unbranched alkanes of at least 4 members (excludes halogenated alkanes) is 3. The number of rotatable bonds is 18. The molecule has 0 aliphatic carbocycles. The van der Waals surface area contributed by atoms with Gasteiger partial charge in [0.25, 0.3) is 10.1 Å². The molecule has 3 atom stereocenters. The van der Waals surface area contributed by atoms with Crippen LogP contribution in [0.2, 0.25) is 0 Å². The van der Waals surface area contributed by atoms with E-state index in [1.807, 2.05) is 20.8 Å². The molecule has 0 aromatic heterocycles. The molecule has 156 valence electrons. The van der Waals surface area contributed by atoms with Crippen molar-refractivity contribution in [2.45, 2.75) is 77.6 Å². The normalized spacial score (nSPS) is 15.5. The van der Waals surface area contributed by atoms with Crippen LogP contribution in [-0.2, 0) is 33.3 Å². The van der Waals surface area contributed by atoms with Gasteiger partial charge in [-0.25, -0.2) is 0 Å². The molecule has 0 unspecified atom stereocenters. The van der Waals surface area contributed by atoms with Gasteiger partial charge in [0.2, 0.25) is 0 Å². The molecule has 0 amide bonds. The maximum absolute atomic E-state index is 11.7. The predicted molar refractivity (Wildman–Crippen MR) is 101 cm³/mol. The molecule has 0 spiro atoms. The Bertz CT molecular complexity index is 439. The molecule has 0 heterocycles. The molecule has 0 aliphatic rings. The topological polar surface area (TPSA) is 88.1 Å². The summed E-state index contributed by atoms with van der Waals surface area (Å²) < 4.78 is 45.5. The minimum atomic E-state index is -3.74. The highest BCUT2D eigenvalue weighted by Gasteiger charge is 2.34. The first-order chi connectivity index (χ1) is 12.4. The van der Waals surface area contributed by atoms with Gasteiger partial charge in [-0.2, -0.15) is 8.42 Å². The molecular formula is C18H36O7S. The largest absolute Gasteiger partial charge is 0.379 e. The third-order valence-electron chi connectivity index (χ3n) is 3.66. The van der Waals surface area contributed by atoms with Gasteiger partial charge in [-0.3, -0.25) is 4.18 Å². The molecule has 0 saturated carbocycles. The third-order valence-corrected chi connectivity index (χ3v) is 4.26. The standard InChI is InChI=1S/C18H36O7S/c1-5-8-11-22-15-17(25-26(4,20)21)18(24-13-10-7-3)16(14-19)23-12-9-6-2/h14,16-18H,5-13,15H2,1-4H3/t16-,17-,18+/m1/s1. The zero-order valence-electron chi connectivity index (χ0n) is 16.6. The lowest BCUT2D eigenvalue weighted by atomic mass is 10.1. The van der Waals surface area contributed by atoms with Gasteiger partial charge in [0, 0.05) is 19.8 Å². The molecule has 26 heavy (non-hydrogen) atoms. The van der Waals surface area contributed by atoms with Crippen molar-refractivity contribution in [2.75, 3.05) is 32.7 Å². The zero-order chi connectivity index (χ0) is 19.8. The van der Waals surface area contributed by atoms with Crippen molar-refractivity contribution in [1.29, 1.82) is 0 Å². The van der Waals surface area contributed by atoms with Gasteiger partial charge < -0.3 is 19.0 Å². The molecule has 0 rings (SSSR count). The summed E-state index contributed by atoms with van der Waals surface area (Å²) in [6.45, 7) is 7.37. The Labute approximate surface area is 158 Å². The van der Waals surface area contributed by atoms with Gasteiger partial charge in [-0.05, 0) is 19.3 Å². The minimum absolute atomic E-state index is 0.0192. The van der Waals surface area contributed by atoms with E-state index < -0.39 is 28.4 Å². The minimum Gasteiger partial charge on any atom is -0.379 e. The fraction of sp³-hybridized carbons (Fsp3) is 0.944. The van der Waals surface area contributed by atoms with E-state index in [0.29, 0.717) is 26.1 Å². The summed E-state index contributed by atoms with van der Waals surface area (Å²) in [5.74, 6) is 0. The van der Waals surface area contributed by atoms with Crippen LogP contribution >= 0.6 is 0 Å². The molecule has 0 aromatic rings. The van der Waals surface area contributed by atoms with Crippen molar-refractivity contribution < 1.29 is 31.6 Å². The van der Waals surface area contributed by atoms with Crippen LogP contribution < -0.4 is 0 Å². The maximum atomic E-state index is 11.7. The van der Waals surface area contributed by atoms with Crippen molar-refractivity contribution >= 4 is 16.4 Å². The smallest absolute Gasteiger partial charge is 0.264 e. The summed E-state index contributed by atoms with van der Waals surface area (Å²) in [7, 11) is -3.74. The Hall–Kier alpha value is -0.540. The number of hydrogen-bond donors (Lipinski definition) is 0. The highest BCUT2D eigenvalue weighted by atomic mass is 32.2. The van der Waals surface area contributed by atoms with E-state index in [2.05, 4.69) is 0 Å². The highest BCUT2D eigenvalue weighted by molar-refractivity contribution is 7.86. The van der Waals surface area contributed by atoms with Crippen LogP contribution in [0.25, 0.3) is 0 Å². The van der Waals surface area contributed by atoms with Crippen molar-refractivity contribution in [3.63, 3.8) is 0 Å². The van der Waals surface area contributed by atoms with E-state index in [-0.39, 0.29) is 6.61 Å². The van der Waals surface area contributed by atoms with Gasteiger partial charge in [0.1, 0.15) is 18.3 Å². The molecule has 8 heteroatoms. The van der Waals surface area contributed by atoms with Gasteiger partial charge in [-0.1, -0.05) is 40.0 Å². The molecule has 0 aliphatic heterocycles. The first-order valence-electron chi connectivity index (χ1n) is 9.54. The van der Waals surface area contributed by atoms with E-state index in [9.17, 15) is 13.2 Å². The lowest BCUT2D eigenvalue weighted by molar-refractivity contribution is -0.146. The summed E-state index contributed by atoms with van der Waals surface area (Å²) in [5, 5.41) is 0. The van der Waals surface area contributed by atoms with Gasteiger partial charge in [-0.15, -0.1) is 0 Å². The van der Waals surface area contributed by atoms with E-state index in [1.54, 1.807) is 0 Å². The van der Waals surface area contributed by atoms with Crippen LogP contribution in [-0.4, -0.2) is 65.7 Å². The average Bonchev–Trinajstić information content (AvgIpc) is 2.58. The Morgan fingerprint density at radius 1 is 0.885 bits per heavy atom. The van der Waals surface area contributed by atoms with Gasteiger partial charge in [0.15, 0.2) is 6.29 Å². The number of carbonyl (C=O) groups is 1. The molecule has 0 radical (unpaired) electrons. The molecular weight excluding hydrogens is 360 g/mol. The zero-order valence-corrected chi connectivity index (χ0v) is 17.5. The monoisotopic (exact) mass is 396 g/mol. The van der Waals surface area contributed by atoms with E-state index >= 15 is 0 Å². The lowest BCUT2D eigenvalue weighted by Crippen LogP contribution is -2.47. The molecule has 0 saturated heterocycles. The van der Waals surface area contributed by atoms with E-state index in [1.165, 1.54) is 0 Å². The Morgan fingerprint density at radius 2 is 1.42 bits per heavy atom. The maximum Gasteiger partial charge on any atom is 0.264 e. The summed E-state index contributed by atoms with van der Waals surface area (Å²) in [6.07, 6.45) is 4.21. The lowest BCUT2D eigenvalue weighted by Gasteiger charge is -2.30. The van der Waals surface area contributed by atoms with Crippen molar-refractivity contribution in [3.8, 4) is 0 Å². The SMILES string of the molecule is CCCCOC[C@@H](OS(C)(=O)=O)[C@@H](OCCCC)[C@@H](C=O)OCCCC. The highest BCUT2D eigenvalue weighted by Crippen LogP contribution is 2.16. The van der Waals surface area contributed by atoms with Gasteiger partial charge >= 0.3 is 0 Å². The first-order valence-corrected chi connectivity index (χ1v) is 11.4. The van der Waals surface area contributed by atoms with Gasteiger partial charge in [0.05, 0.1) is 12.9 Å². The second-order valence-corrected chi connectivity index (χ2v) is 7.88. The average molecular weight is 397 g/mol. The Kier molecular flexibility index (Phi) is 15.2. The van der Waals surface area contributed by atoms with Crippen LogP contribution in [0.3, 0.4) is 0 Å². The number of hydrogen-bond acceptors (Lipinski definition) is 7. The van der Waals surface area contributed by atoms with Crippen LogP contribution in [0.1, 0.15) is 59.3 Å². The molecule has 0 bridgehead atoms. The Morgan fingerprint density at radius 3 is 1.92 bits per heavy atom. The number of carbonyl (C=O) groups excluding carboxylic acids is 1. The Balaban J connectivity index is 5.19. The number of aldehydes is 1. The van der Waals surface area contributed by atoms with E-state index in [4.69, 9.17) is 18.4 Å². The summed E-state index contributed by atoms with van der Waals surface area (Å²) in [5.41, 5.74) is 0. The molecule has 7 nitrogen and oxygen atoms in total. The second kappa shape index (κ2) is 15.5. The van der Waals surface area contributed by atoms with Crippen molar-refractivity contribution in [1.82, 2.24) is 0 Å². The fourth-order valence-corrected chi connectivity index (χ4v) is 2.81. The third kappa shape index (κ3) is 12.8. The van der Waals surface area contributed by atoms with Crippen molar-refractivity contribution in [2.24, 2.45) is 0 Å². The second-order valence-electron chi connectivity index (χ2n) is 6.28. The fourth-order valence-electron chi connectivity index (χ4n) is 2.20. The predicted octanol–water partition coefficient (Wildman–Crippen LogP) is 2.72. The summed E-state index contributed by atoms with van der Waals surface area (Å²) in [6, 6.07) is 0.